The summed E-state index contributed by atoms with van der Waals surface area (Å²) in [6, 6.07) is 0. The fourth-order valence-electron chi connectivity index (χ4n) is 0.925. The third-order valence-corrected chi connectivity index (χ3v) is 7.21. The van der Waals surface area contributed by atoms with Crippen molar-refractivity contribution in [2.75, 3.05) is 0 Å². The first kappa shape index (κ1) is 14.5. The van der Waals surface area contributed by atoms with Crippen LogP contribution in [0.5, 0.6) is 0 Å². The maximum absolute atomic E-state index is 2.46. The van der Waals surface area contributed by atoms with Gasteiger partial charge in [0.05, 0.1) is 0 Å². The molecule has 1 aliphatic carbocycles. The summed E-state index contributed by atoms with van der Waals surface area (Å²) in [6.07, 6.45) is 8.09. The van der Waals surface area contributed by atoms with Crippen LogP contribution in [0.3, 0.4) is 0 Å². The van der Waals surface area contributed by atoms with Crippen molar-refractivity contribution in [1.29, 1.82) is 0 Å². The van der Waals surface area contributed by atoms with E-state index in [9.17, 15) is 0 Å². The molecule has 0 aliphatic heterocycles. The minimum absolute atomic E-state index is 0. The van der Waals surface area contributed by atoms with Gasteiger partial charge < -0.3 is 0 Å². The van der Waals surface area contributed by atoms with Gasteiger partial charge in [-0.25, -0.2) is 0 Å². The average molecular weight is 245 g/mol. The first-order valence-electron chi connectivity index (χ1n) is 3.41. The maximum Gasteiger partial charge on any atom is -0.147 e. The second-order valence-electron chi connectivity index (χ2n) is 2.62. The number of allylic oxidation sites excluding steroid dienone is 4. The Balaban J connectivity index is 0. The predicted molar refractivity (Wildman–Crippen MR) is 55.2 cm³/mol. The summed E-state index contributed by atoms with van der Waals surface area (Å²) < 4.78 is 1.77. The monoisotopic (exact) mass is 244 g/mol. The minimum Gasteiger partial charge on any atom is -0.147 e. The second-order valence-corrected chi connectivity index (χ2v) is 13.0. The summed E-state index contributed by atoms with van der Waals surface area (Å²) >= 11 is 0.375. The van der Waals surface area contributed by atoms with Gasteiger partial charge in [-0.1, -0.05) is 0 Å². The van der Waals surface area contributed by atoms with E-state index in [4.69, 9.17) is 0 Å². The fourth-order valence-corrected chi connectivity index (χ4v) is 6.69. The number of halogens is 2. The fraction of sp³-hybridized carbons (Fsp3) is 0.429. The summed E-state index contributed by atoms with van der Waals surface area (Å²) in [5.41, 5.74) is 0. The number of hydrogen-bond donors (Lipinski definition) is 0. The topological polar surface area (TPSA) is 0 Å². The third-order valence-electron chi connectivity index (χ3n) is 1.25. The van der Waals surface area contributed by atoms with Gasteiger partial charge in [-0.05, 0) is 0 Å². The Bertz CT molecular complexity index is 155. The Labute approximate surface area is 91.1 Å². The van der Waals surface area contributed by atoms with Crippen molar-refractivity contribution in [2.45, 2.75) is 19.5 Å². The molecule has 0 fully saturated rings. The zero-order valence-electron chi connectivity index (χ0n) is 6.83. The van der Waals surface area contributed by atoms with Crippen molar-refractivity contribution in [3.63, 3.8) is 0 Å². The predicted octanol–water partition coefficient (Wildman–Crippen LogP) is 2.74. The van der Waals surface area contributed by atoms with Crippen molar-refractivity contribution in [3.05, 3.63) is 22.1 Å². The van der Waals surface area contributed by atoms with Crippen LogP contribution in [0.15, 0.2) is 22.1 Å². The van der Waals surface area contributed by atoms with Crippen molar-refractivity contribution < 1.29 is 18.4 Å². The molecule has 0 aromatic carbocycles. The number of hydrogen-bond acceptors (Lipinski definition) is 0. The molecular formula is C7H14Cl2SiTi. The Morgan fingerprint density at radius 1 is 1.36 bits per heavy atom. The molecule has 0 bridgehead atoms. The molecule has 4 heteroatoms. The molecule has 0 atom stereocenters. The smallest absolute Gasteiger partial charge is 0.147 e. The van der Waals surface area contributed by atoms with E-state index in [1.165, 1.54) is 6.42 Å². The molecule has 0 radical (unpaired) electrons. The van der Waals surface area contributed by atoms with Gasteiger partial charge >= 0.3 is 66.7 Å². The molecule has 0 amide bonds. The van der Waals surface area contributed by atoms with Gasteiger partial charge in [0, 0.05) is 0 Å². The van der Waals surface area contributed by atoms with Crippen LogP contribution < -0.4 is 0 Å². The van der Waals surface area contributed by atoms with Gasteiger partial charge in [-0.15, -0.1) is 24.8 Å². The van der Waals surface area contributed by atoms with Gasteiger partial charge in [0.2, 0.25) is 0 Å². The van der Waals surface area contributed by atoms with E-state index in [1.807, 2.05) is 0 Å². The van der Waals surface area contributed by atoms with Crippen molar-refractivity contribution in [3.8, 4) is 0 Å². The summed E-state index contributed by atoms with van der Waals surface area (Å²) in [5.74, 6) is 0. The van der Waals surface area contributed by atoms with E-state index in [-0.39, 0.29) is 31.5 Å². The van der Waals surface area contributed by atoms with Crippen LogP contribution in [0.4, 0.5) is 0 Å². The van der Waals surface area contributed by atoms with Crippen LogP contribution in [0.1, 0.15) is 6.42 Å². The van der Waals surface area contributed by atoms with Crippen LogP contribution in [0, 0.1) is 0 Å². The third kappa shape index (κ3) is 6.18. The zero-order valence-corrected chi connectivity index (χ0v) is 11.2. The molecule has 0 saturated heterocycles. The minimum atomic E-state index is -0.207. The Hall–Kier alpha value is 0.991. The Kier molecular flexibility index (Phi) is 10.1. The van der Waals surface area contributed by atoms with Crippen molar-refractivity contribution in [1.82, 2.24) is 0 Å². The molecule has 0 N–H and O–H groups in total. The van der Waals surface area contributed by atoms with Crippen LogP contribution in [-0.4, -0.2) is 6.66 Å². The molecule has 0 aromatic rings. The molecule has 1 aliphatic rings. The van der Waals surface area contributed by atoms with Gasteiger partial charge in [-0.3, -0.25) is 0 Å². The zero-order chi connectivity index (χ0) is 6.69. The van der Waals surface area contributed by atoms with Crippen LogP contribution in [0.2, 0.25) is 13.1 Å². The molecular weight excluding hydrogens is 231 g/mol. The molecule has 1 rings (SSSR count). The molecule has 64 valence electrons. The standard InChI is InChI=1S/C5H5.C2H7Si.2ClH.Ti/c1-2-4-5-3-1;1-3-2;;;/h1-3H,4H2;3H,1-2H3;2*1H;. The molecule has 0 aromatic heterocycles. The van der Waals surface area contributed by atoms with E-state index >= 15 is 0 Å². The maximum atomic E-state index is 2.46. The first-order valence-corrected chi connectivity index (χ1v) is 9.78. The van der Waals surface area contributed by atoms with Crippen LogP contribution in [0.25, 0.3) is 0 Å². The quantitative estimate of drug-likeness (QED) is 0.656. The van der Waals surface area contributed by atoms with E-state index in [0.29, 0.717) is 18.4 Å². The summed E-state index contributed by atoms with van der Waals surface area (Å²) in [5, 5.41) is 0. The summed E-state index contributed by atoms with van der Waals surface area (Å²) in [7, 11) is 0. The van der Waals surface area contributed by atoms with E-state index in [2.05, 4.69) is 31.3 Å². The summed E-state index contributed by atoms with van der Waals surface area (Å²) in [4.78, 5) is 0. The van der Waals surface area contributed by atoms with Crippen LogP contribution >= 0.6 is 24.8 Å². The van der Waals surface area contributed by atoms with Crippen LogP contribution in [-0.2, 0) is 18.4 Å². The van der Waals surface area contributed by atoms with E-state index in [0.717, 1.165) is 0 Å². The SMILES string of the molecule is C[SiH](C)[Ti][C]1=CC=CC1.Cl.Cl. The Morgan fingerprint density at radius 3 is 2.36 bits per heavy atom. The van der Waals surface area contributed by atoms with E-state index in [1.54, 1.807) is 3.88 Å². The Morgan fingerprint density at radius 2 is 2.00 bits per heavy atom. The van der Waals surface area contributed by atoms with Crippen molar-refractivity contribution in [2.24, 2.45) is 0 Å². The number of rotatable bonds is 2. The van der Waals surface area contributed by atoms with E-state index < -0.39 is 0 Å². The molecule has 0 spiro atoms. The average Bonchev–Trinajstić information content (AvgIpc) is 2.15. The normalized spacial score (nSPS) is 13.5. The molecule has 0 unspecified atom stereocenters. The van der Waals surface area contributed by atoms with Crippen molar-refractivity contribution >= 4 is 31.5 Å². The molecule has 0 saturated carbocycles. The van der Waals surface area contributed by atoms with Gasteiger partial charge in [0.15, 0.2) is 0 Å². The van der Waals surface area contributed by atoms with Gasteiger partial charge in [0.25, 0.3) is 0 Å². The molecule has 0 nitrogen and oxygen atoms in total. The second kappa shape index (κ2) is 7.63. The summed E-state index contributed by atoms with van der Waals surface area (Å²) in [6.45, 7) is 4.71. The van der Waals surface area contributed by atoms with Gasteiger partial charge in [0.1, 0.15) is 0 Å². The largest absolute Gasteiger partial charge is 0.147 e. The van der Waals surface area contributed by atoms with Gasteiger partial charge in [-0.2, -0.15) is 0 Å². The molecule has 11 heavy (non-hydrogen) atoms. The molecule has 0 heterocycles. The first-order chi connectivity index (χ1) is 4.29.